The lowest BCUT2D eigenvalue weighted by Crippen LogP contribution is -2.15. The van der Waals surface area contributed by atoms with Gasteiger partial charge in [-0.2, -0.15) is 13.5 Å². The van der Waals surface area contributed by atoms with E-state index < -0.39 is 10.0 Å². The Morgan fingerprint density at radius 2 is 1.97 bits per heavy atom. The summed E-state index contributed by atoms with van der Waals surface area (Å²) in [5.74, 6) is -0.335. The summed E-state index contributed by atoms with van der Waals surface area (Å²) in [4.78, 5) is 18.4. The first-order valence-electron chi connectivity index (χ1n) is 10.2. The highest BCUT2D eigenvalue weighted by molar-refractivity contribution is 7.90. The number of amides is 1. The lowest BCUT2D eigenvalue weighted by molar-refractivity contribution is -0.115. The number of benzene rings is 2. The molecule has 0 aliphatic carbocycles. The van der Waals surface area contributed by atoms with Gasteiger partial charge in [0.25, 0.3) is 10.0 Å². The van der Waals surface area contributed by atoms with Crippen molar-refractivity contribution in [3.8, 4) is 11.1 Å². The summed E-state index contributed by atoms with van der Waals surface area (Å²) in [5.41, 5.74) is 2.36. The van der Waals surface area contributed by atoms with E-state index in [2.05, 4.69) is 19.8 Å². The van der Waals surface area contributed by atoms with Crippen LogP contribution in [0.2, 0.25) is 5.02 Å². The van der Waals surface area contributed by atoms with Crippen molar-refractivity contribution in [3.63, 3.8) is 0 Å². The van der Waals surface area contributed by atoms with Crippen molar-refractivity contribution in [2.24, 2.45) is 4.40 Å². The molecule has 0 saturated carbocycles. The Bertz CT molecular complexity index is 1500. The van der Waals surface area contributed by atoms with Gasteiger partial charge in [0, 0.05) is 48.3 Å². The molecule has 4 rings (SSSR count). The molecule has 0 saturated heterocycles. The molecular weight excluding hydrogens is 476 g/mol. The summed E-state index contributed by atoms with van der Waals surface area (Å²) in [6.45, 7) is 0. The SMILES string of the molecule is CN(C)/C=N/S(=O)(=O)c1cc(NC(=O)Cc2ccccc2Cl)ccc1-c1cnn2cccnc12. The third-order valence-corrected chi connectivity index (χ3v) is 6.47. The van der Waals surface area contributed by atoms with Gasteiger partial charge < -0.3 is 10.2 Å². The Morgan fingerprint density at radius 3 is 2.74 bits per heavy atom. The lowest BCUT2D eigenvalue weighted by Gasteiger charge is -2.12. The molecule has 174 valence electrons. The molecular formula is C23H21ClN6O3S. The Balaban J connectivity index is 1.75. The molecule has 0 aliphatic heterocycles. The highest BCUT2D eigenvalue weighted by Crippen LogP contribution is 2.33. The zero-order valence-corrected chi connectivity index (χ0v) is 20.0. The number of fused-ring (bicyclic) bond motifs is 1. The molecule has 4 aromatic rings. The van der Waals surface area contributed by atoms with Crippen LogP contribution in [-0.2, 0) is 21.2 Å². The molecule has 2 aromatic carbocycles. The number of sulfonamides is 1. The van der Waals surface area contributed by atoms with E-state index in [1.165, 1.54) is 17.3 Å². The summed E-state index contributed by atoms with van der Waals surface area (Å²) in [7, 11) is -0.780. The van der Waals surface area contributed by atoms with E-state index in [0.717, 1.165) is 0 Å². The average molecular weight is 497 g/mol. The maximum atomic E-state index is 13.2. The van der Waals surface area contributed by atoms with Gasteiger partial charge in [0.2, 0.25) is 5.91 Å². The van der Waals surface area contributed by atoms with E-state index in [1.807, 2.05) is 0 Å². The van der Waals surface area contributed by atoms with Crippen molar-refractivity contribution in [2.45, 2.75) is 11.3 Å². The summed E-state index contributed by atoms with van der Waals surface area (Å²) in [6, 6.07) is 13.4. The predicted octanol–water partition coefficient (Wildman–Crippen LogP) is 3.51. The van der Waals surface area contributed by atoms with Crippen LogP contribution in [0, 0.1) is 0 Å². The monoisotopic (exact) mass is 496 g/mol. The minimum Gasteiger partial charge on any atom is -0.368 e. The largest absolute Gasteiger partial charge is 0.368 e. The summed E-state index contributed by atoms with van der Waals surface area (Å²) in [5, 5.41) is 7.47. The van der Waals surface area contributed by atoms with Gasteiger partial charge in [-0.25, -0.2) is 9.50 Å². The molecule has 0 unspecified atom stereocenters. The van der Waals surface area contributed by atoms with Crippen LogP contribution in [0.1, 0.15) is 5.56 Å². The minimum absolute atomic E-state index is 0.0419. The molecule has 9 nitrogen and oxygen atoms in total. The third kappa shape index (κ3) is 5.08. The number of nitrogens with zero attached hydrogens (tertiary/aromatic N) is 5. The minimum atomic E-state index is -4.11. The van der Waals surface area contributed by atoms with Crippen LogP contribution in [0.25, 0.3) is 16.8 Å². The molecule has 0 bridgehead atoms. The van der Waals surface area contributed by atoms with Crippen LogP contribution in [0.5, 0.6) is 0 Å². The highest BCUT2D eigenvalue weighted by Gasteiger charge is 2.22. The molecule has 0 atom stereocenters. The number of aromatic nitrogens is 3. The van der Waals surface area contributed by atoms with E-state index in [-0.39, 0.29) is 17.2 Å². The van der Waals surface area contributed by atoms with Crippen LogP contribution in [0.3, 0.4) is 0 Å². The van der Waals surface area contributed by atoms with Crippen LogP contribution >= 0.6 is 11.6 Å². The number of nitrogens with one attached hydrogen (secondary N) is 1. The van der Waals surface area contributed by atoms with Crippen LogP contribution in [0.15, 0.2) is 76.4 Å². The van der Waals surface area contributed by atoms with E-state index in [0.29, 0.717) is 33.0 Å². The number of hydrogen-bond donors (Lipinski definition) is 1. The van der Waals surface area contributed by atoms with E-state index in [1.54, 1.807) is 79.7 Å². The second kappa shape index (κ2) is 9.62. The highest BCUT2D eigenvalue weighted by atomic mass is 35.5. The topological polar surface area (TPSA) is 109 Å². The number of rotatable bonds is 7. The molecule has 1 amide bonds. The standard InChI is InChI=1S/C23H21ClN6O3S/c1-29(2)15-27-34(32,33)21-13-17(28-22(31)12-16-6-3-4-7-20(16)24)8-9-18(21)19-14-26-30-11-5-10-25-23(19)30/h3-11,13-15H,12H2,1-2H3,(H,28,31)/b27-15+. The van der Waals surface area contributed by atoms with Crippen molar-refractivity contribution < 1.29 is 13.2 Å². The van der Waals surface area contributed by atoms with Crippen molar-refractivity contribution in [1.82, 2.24) is 19.5 Å². The van der Waals surface area contributed by atoms with Gasteiger partial charge in [0.1, 0.15) is 6.34 Å². The molecule has 34 heavy (non-hydrogen) atoms. The van der Waals surface area contributed by atoms with E-state index in [9.17, 15) is 13.2 Å². The summed E-state index contributed by atoms with van der Waals surface area (Å²) < 4.78 is 31.6. The number of halogens is 1. The quantitative estimate of drug-likeness (QED) is 0.310. The first-order chi connectivity index (χ1) is 16.2. The zero-order valence-electron chi connectivity index (χ0n) is 18.4. The maximum absolute atomic E-state index is 13.2. The maximum Gasteiger partial charge on any atom is 0.284 e. The van der Waals surface area contributed by atoms with Crippen LogP contribution in [-0.4, -0.2) is 54.3 Å². The summed E-state index contributed by atoms with van der Waals surface area (Å²) in [6.07, 6.45) is 6.11. The molecule has 0 fully saturated rings. The van der Waals surface area contributed by atoms with Crippen LogP contribution in [0.4, 0.5) is 5.69 Å². The second-order valence-corrected chi connectivity index (χ2v) is 9.64. The first-order valence-corrected chi connectivity index (χ1v) is 12.0. The average Bonchev–Trinajstić information content (AvgIpc) is 3.23. The first kappa shape index (κ1) is 23.4. The number of hydrogen-bond acceptors (Lipinski definition) is 5. The number of carbonyl (C=O) groups excluding carboxylic acids is 1. The van der Waals surface area contributed by atoms with Gasteiger partial charge in [0.15, 0.2) is 5.65 Å². The van der Waals surface area contributed by atoms with Crippen molar-refractivity contribution >= 4 is 45.2 Å². The van der Waals surface area contributed by atoms with Crippen molar-refractivity contribution in [3.05, 3.63) is 77.7 Å². The molecule has 1 N–H and O–H groups in total. The normalized spacial score (nSPS) is 11.7. The smallest absolute Gasteiger partial charge is 0.284 e. The molecule has 0 spiro atoms. The van der Waals surface area contributed by atoms with Gasteiger partial charge in [-0.15, -0.1) is 4.40 Å². The second-order valence-electron chi connectivity index (χ2n) is 7.63. The molecule has 0 aliphatic rings. The fourth-order valence-electron chi connectivity index (χ4n) is 3.29. The predicted molar refractivity (Wildman–Crippen MR) is 132 cm³/mol. The van der Waals surface area contributed by atoms with Crippen molar-refractivity contribution in [2.75, 3.05) is 19.4 Å². The van der Waals surface area contributed by atoms with Gasteiger partial charge in [-0.3, -0.25) is 4.79 Å². The van der Waals surface area contributed by atoms with Gasteiger partial charge in [0.05, 0.1) is 17.5 Å². The fraction of sp³-hybridized carbons (Fsp3) is 0.130. The van der Waals surface area contributed by atoms with Gasteiger partial charge in [-0.1, -0.05) is 35.9 Å². The Labute approximate surface area is 201 Å². The Hall–Kier alpha value is -3.76. The summed E-state index contributed by atoms with van der Waals surface area (Å²) >= 11 is 6.15. The van der Waals surface area contributed by atoms with Crippen LogP contribution < -0.4 is 5.32 Å². The van der Waals surface area contributed by atoms with E-state index in [4.69, 9.17) is 11.6 Å². The van der Waals surface area contributed by atoms with E-state index >= 15 is 0 Å². The molecule has 11 heteroatoms. The third-order valence-electron chi connectivity index (χ3n) is 4.84. The Kier molecular flexibility index (Phi) is 6.62. The zero-order chi connectivity index (χ0) is 24.3. The number of carbonyl (C=O) groups is 1. The van der Waals surface area contributed by atoms with Gasteiger partial charge >= 0.3 is 0 Å². The fourth-order valence-corrected chi connectivity index (χ4v) is 4.65. The van der Waals surface area contributed by atoms with Gasteiger partial charge in [-0.05, 0) is 29.8 Å². The number of anilines is 1. The molecule has 2 aromatic heterocycles. The lowest BCUT2D eigenvalue weighted by atomic mass is 10.1. The molecule has 0 radical (unpaired) electrons. The Morgan fingerprint density at radius 1 is 1.18 bits per heavy atom. The molecule has 2 heterocycles. The van der Waals surface area contributed by atoms with Crippen molar-refractivity contribution in [1.29, 1.82) is 0 Å².